The van der Waals surface area contributed by atoms with Crippen LogP contribution in [0.4, 0.5) is 0 Å². The second-order valence-corrected chi connectivity index (χ2v) is 6.51. The van der Waals surface area contributed by atoms with Gasteiger partial charge < -0.3 is 11.1 Å². The Hall–Kier alpha value is -0.870. The van der Waals surface area contributed by atoms with Crippen LogP contribution >= 0.6 is 11.3 Å². The van der Waals surface area contributed by atoms with Gasteiger partial charge in [0.15, 0.2) is 0 Å². The van der Waals surface area contributed by atoms with Crippen molar-refractivity contribution in [3.8, 4) is 0 Å². The molecule has 1 atom stereocenters. The van der Waals surface area contributed by atoms with E-state index in [1.165, 1.54) is 43.4 Å². The summed E-state index contributed by atoms with van der Waals surface area (Å²) < 4.78 is 0. The van der Waals surface area contributed by atoms with Crippen LogP contribution in [0, 0.1) is 11.8 Å². The van der Waals surface area contributed by atoms with Gasteiger partial charge in [0.1, 0.15) is 6.04 Å². The normalized spacial score (nSPS) is 24.9. The Morgan fingerprint density at radius 1 is 1.42 bits per heavy atom. The van der Waals surface area contributed by atoms with Crippen LogP contribution in [0.3, 0.4) is 0 Å². The summed E-state index contributed by atoms with van der Waals surface area (Å²) in [6.07, 6.45) is 6.41. The molecule has 0 aromatic carbocycles. The van der Waals surface area contributed by atoms with E-state index in [0.717, 1.165) is 17.3 Å². The summed E-state index contributed by atoms with van der Waals surface area (Å²) in [5.41, 5.74) is 5.94. The fraction of sp³-hybridized carbons (Fsp3) is 0.667. The van der Waals surface area contributed by atoms with Gasteiger partial charge in [-0.1, -0.05) is 32.3 Å². The van der Waals surface area contributed by atoms with Crippen molar-refractivity contribution in [1.29, 1.82) is 0 Å². The Balaban J connectivity index is 1.72. The predicted octanol–water partition coefficient (Wildman–Crippen LogP) is 3.08. The molecule has 1 aliphatic rings. The maximum atomic E-state index is 12.0. The first kappa shape index (κ1) is 14.5. The minimum atomic E-state index is -0.507. The predicted molar refractivity (Wildman–Crippen MR) is 80.0 cm³/mol. The van der Waals surface area contributed by atoms with E-state index in [-0.39, 0.29) is 5.91 Å². The quantitative estimate of drug-likeness (QED) is 0.871. The van der Waals surface area contributed by atoms with Gasteiger partial charge in [-0.2, -0.15) is 0 Å². The number of hydrogen-bond donors (Lipinski definition) is 2. The molecule has 3 nitrogen and oxygen atoms in total. The molecule has 1 saturated carbocycles. The summed E-state index contributed by atoms with van der Waals surface area (Å²) in [7, 11) is 0. The van der Waals surface area contributed by atoms with E-state index in [0.29, 0.717) is 5.92 Å². The van der Waals surface area contributed by atoms with E-state index in [1.54, 1.807) is 0 Å². The zero-order chi connectivity index (χ0) is 13.7. The summed E-state index contributed by atoms with van der Waals surface area (Å²) in [6.45, 7) is 3.06. The molecule has 0 spiro atoms. The second-order valence-electron chi connectivity index (χ2n) is 5.53. The summed E-state index contributed by atoms with van der Waals surface area (Å²) >= 11 is 1.54. The van der Waals surface area contributed by atoms with Crippen LogP contribution in [-0.4, -0.2) is 12.5 Å². The second kappa shape index (κ2) is 7.06. The molecule has 0 aliphatic heterocycles. The lowest BCUT2D eigenvalue weighted by Gasteiger charge is -2.28. The number of hydrogen-bond acceptors (Lipinski definition) is 3. The molecule has 19 heavy (non-hydrogen) atoms. The first-order valence-corrected chi connectivity index (χ1v) is 8.15. The van der Waals surface area contributed by atoms with Gasteiger partial charge in [-0.25, -0.2) is 0 Å². The molecule has 1 aromatic rings. The SMILES string of the molecule is CCC1CCC(CNC(=O)C(N)c2cccs2)CC1. The molecule has 2 rings (SSSR count). The van der Waals surface area contributed by atoms with Crippen molar-refractivity contribution >= 4 is 17.2 Å². The molecule has 3 N–H and O–H groups in total. The van der Waals surface area contributed by atoms with Crippen molar-refractivity contribution in [2.75, 3.05) is 6.54 Å². The van der Waals surface area contributed by atoms with Crippen molar-refractivity contribution in [3.05, 3.63) is 22.4 Å². The van der Waals surface area contributed by atoms with Gasteiger partial charge in [-0.05, 0) is 36.1 Å². The smallest absolute Gasteiger partial charge is 0.242 e. The third kappa shape index (κ3) is 4.05. The molecule has 1 aromatic heterocycles. The van der Waals surface area contributed by atoms with Gasteiger partial charge in [-0.3, -0.25) is 4.79 Å². The molecule has 1 fully saturated rings. The lowest BCUT2D eigenvalue weighted by Crippen LogP contribution is -2.37. The molecule has 1 heterocycles. The van der Waals surface area contributed by atoms with Crippen LogP contribution in [0.5, 0.6) is 0 Å². The highest BCUT2D eigenvalue weighted by Gasteiger charge is 2.22. The standard InChI is InChI=1S/C15H24N2OS/c1-2-11-5-7-12(8-6-11)10-17-15(18)14(16)13-4-3-9-19-13/h3-4,9,11-12,14H,2,5-8,10,16H2,1H3,(H,17,18). The highest BCUT2D eigenvalue weighted by atomic mass is 32.1. The number of nitrogens with two attached hydrogens (primary N) is 1. The molecule has 1 amide bonds. The molecule has 0 bridgehead atoms. The molecule has 0 saturated heterocycles. The van der Waals surface area contributed by atoms with E-state index in [4.69, 9.17) is 5.73 Å². The summed E-state index contributed by atoms with van der Waals surface area (Å²) in [5, 5.41) is 4.97. The molecular formula is C15H24N2OS. The minimum Gasteiger partial charge on any atom is -0.354 e. The number of amides is 1. The van der Waals surface area contributed by atoms with Gasteiger partial charge in [0.05, 0.1) is 0 Å². The third-order valence-electron chi connectivity index (χ3n) is 4.24. The highest BCUT2D eigenvalue weighted by molar-refractivity contribution is 7.10. The number of carbonyl (C=O) groups excluding carboxylic acids is 1. The summed E-state index contributed by atoms with van der Waals surface area (Å²) in [6, 6.07) is 3.34. The van der Waals surface area contributed by atoms with Crippen molar-refractivity contribution in [2.24, 2.45) is 17.6 Å². The van der Waals surface area contributed by atoms with E-state index in [9.17, 15) is 4.79 Å². The van der Waals surface area contributed by atoms with E-state index >= 15 is 0 Å². The topological polar surface area (TPSA) is 55.1 Å². The highest BCUT2D eigenvalue weighted by Crippen LogP contribution is 2.30. The summed E-state index contributed by atoms with van der Waals surface area (Å²) in [4.78, 5) is 12.9. The molecule has 106 valence electrons. The van der Waals surface area contributed by atoms with Gasteiger partial charge >= 0.3 is 0 Å². The Kier molecular flexibility index (Phi) is 5.40. The number of thiophene rings is 1. The van der Waals surface area contributed by atoms with Crippen molar-refractivity contribution in [1.82, 2.24) is 5.32 Å². The minimum absolute atomic E-state index is 0.0416. The lowest BCUT2D eigenvalue weighted by atomic mass is 9.81. The Morgan fingerprint density at radius 2 is 2.11 bits per heavy atom. The molecule has 0 radical (unpaired) electrons. The van der Waals surface area contributed by atoms with Crippen LogP contribution in [0.15, 0.2) is 17.5 Å². The van der Waals surface area contributed by atoms with Gasteiger partial charge in [0, 0.05) is 11.4 Å². The fourth-order valence-corrected chi connectivity index (χ4v) is 3.52. The van der Waals surface area contributed by atoms with E-state index in [2.05, 4.69) is 12.2 Å². The monoisotopic (exact) mass is 280 g/mol. The Labute approximate surface area is 119 Å². The van der Waals surface area contributed by atoms with Gasteiger partial charge in [0.2, 0.25) is 5.91 Å². The molecule has 4 heteroatoms. The van der Waals surface area contributed by atoms with Crippen LogP contribution in [0.1, 0.15) is 49.9 Å². The van der Waals surface area contributed by atoms with Crippen LogP contribution in [0.2, 0.25) is 0 Å². The fourth-order valence-electron chi connectivity index (χ4n) is 2.80. The van der Waals surface area contributed by atoms with E-state index in [1.807, 2.05) is 17.5 Å². The van der Waals surface area contributed by atoms with Gasteiger partial charge in [0.25, 0.3) is 0 Å². The Morgan fingerprint density at radius 3 is 2.68 bits per heavy atom. The molecular weight excluding hydrogens is 256 g/mol. The number of carbonyl (C=O) groups is 1. The first-order valence-electron chi connectivity index (χ1n) is 7.27. The Bertz CT molecular complexity index is 383. The zero-order valence-electron chi connectivity index (χ0n) is 11.6. The largest absolute Gasteiger partial charge is 0.354 e. The van der Waals surface area contributed by atoms with Gasteiger partial charge in [-0.15, -0.1) is 11.3 Å². The maximum Gasteiger partial charge on any atom is 0.242 e. The first-order chi connectivity index (χ1) is 9.20. The van der Waals surface area contributed by atoms with Crippen LogP contribution < -0.4 is 11.1 Å². The van der Waals surface area contributed by atoms with Crippen molar-refractivity contribution in [2.45, 2.75) is 45.1 Å². The number of rotatable bonds is 5. The number of nitrogens with one attached hydrogen (secondary N) is 1. The average Bonchev–Trinajstić information content (AvgIpc) is 2.98. The van der Waals surface area contributed by atoms with E-state index < -0.39 is 6.04 Å². The summed E-state index contributed by atoms with van der Waals surface area (Å²) in [5.74, 6) is 1.50. The average molecular weight is 280 g/mol. The third-order valence-corrected chi connectivity index (χ3v) is 5.20. The maximum absolute atomic E-state index is 12.0. The lowest BCUT2D eigenvalue weighted by molar-refractivity contribution is -0.122. The van der Waals surface area contributed by atoms with Crippen LogP contribution in [-0.2, 0) is 4.79 Å². The molecule has 1 unspecified atom stereocenters. The van der Waals surface area contributed by atoms with Crippen molar-refractivity contribution in [3.63, 3.8) is 0 Å². The van der Waals surface area contributed by atoms with Crippen LogP contribution in [0.25, 0.3) is 0 Å². The van der Waals surface area contributed by atoms with Crippen molar-refractivity contribution < 1.29 is 4.79 Å². The molecule has 1 aliphatic carbocycles. The zero-order valence-corrected chi connectivity index (χ0v) is 12.4.